The third-order valence-corrected chi connectivity index (χ3v) is 10.9. The van der Waals surface area contributed by atoms with Crippen molar-refractivity contribution in [3.05, 3.63) is 188 Å². The van der Waals surface area contributed by atoms with Crippen LogP contribution in [0.4, 0.5) is 0 Å². The first-order valence-corrected chi connectivity index (χ1v) is 17.9. The largest absolute Gasteiger partial charge is 0.309 e. The second-order valence-corrected chi connectivity index (χ2v) is 13.9. The summed E-state index contributed by atoms with van der Waals surface area (Å²) >= 11 is 0. The van der Waals surface area contributed by atoms with Gasteiger partial charge in [0.15, 0.2) is 0 Å². The van der Waals surface area contributed by atoms with E-state index in [9.17, 15) is 0 Å². The summed E-state index contributed by atoms with van der Waals surface area (Å²) in [7, 11) is 0. The molecule has 0 unspecified atom stereocenters. The zero-order valence-corrected chi connectivity index (χ0v) is 28.7. The van der Waals surface area contributed by atoms with Crippen molar-refractivity contribution in [2.24, 2.45) is 0 Å². The maximum atomic E-state index is 2.41. The molecule has 11 aromatic rings. The van der Waals surface area contributed by atoms with Gasteiger partial charge in [-0.2, -0.15) is 0 Å². The lowest BCUT2D eigenvalue weighted by Crippen LogP contribution is -1.96. The molecule has 0 radical (unpaired) electrons. The SMILES string of the molecule is Cc1ccc2c(c1)c1ccccc1n2-c1ccc2c(c1)c1ccccc1n2-c1ccc(-c2ccc(-n3c4ccccc4c4ccccc43)cc2)cc1. The molecule has 3 heterocycles. The van der Waals surface area contributed by atoms with Gasteiger partial charge in [0.1, 0.15) is 0 Å². The van der Waals surface area contributed by atoms with E-state index < -0.39 is 0 Å². The molecule has 0 N–H and O–H groups in total. The number of fused-ring (bicyclic) bond motifs is 9. The highest BCUT2D eigenvalue weighted by Crippen LogP contribution is 2.38. The Morgan fingerprint density at radius 2 is 0.596 bits per heavy atom. The van der Waals surface area contributed by atoms with E-state index >= 15 is 0 Å². The highest BCUT2D eigenvalue weighted by atomic mass is 15.0. The van der Waals surface area contributed by atoms with Crippen LogP contribution in [-0.4, -0.2) is 13.7 Å². The molecule has 3 nitrogen and oxygen atoms in total. The molecule has 52 heavy (non-hydrogen) atoms. The number of hydrogen-bond donors (Lipinski definition) is 0. The first kappa shape index (κ1) is 28.9. The fourth-order valence-electron chi connectivity index (χ4n) is 8.55. The van der Waals surface area contributed by atoms with Gasteiger partial charge in [-0.1, -0.05) is 109 Å². The van der Waals surface area contributed by atoms with Crippen LogP contribution < -0.4 is 0 Å². The lowest BCUT2D eigenvalue weighted by atomic mass is 10.0. The van der Waals surface area contributed by atoms with E-state index in [1.807, 2.05) is 0 Å². The molecular formula is C49H33N3. The predicted molar refractivity (Wildman–Crippen MR) is 220 cm³/mol. The minimum atomic E-state index is 1.15. The van der Waals surface area contributed by atoms with Crippen LogP contribution >= 0.6 is 0 Å². The number of para-hydroxylation sites is 4. The molecule has 0 saturated carbocycles. The molecule has 0 aliphatic carbocycles. The number of nitrogens with zero attached hydrogens (tertiary/aromatic N) is 3. The molecule has 3 heteroatoms. The molecule has 0 spiro atoms. The molecular weight excluding hydrogens is 631 g/mol. The lowest BCUT2D eigenvalue weighted by molar-refractivity contribution is 1.16. The number of aromatic nitrogens is 3. The van der Waals surface area contributed by atoms with E-state index in [0.717, 1.165) is 5.69 Å². The van der Waals surface area contributed by atoms with Crippen LogP contribution in [0.1, 0.15) is 5.56 Å². The summed E-state index contributed by atoms with van der Waals surface area (Å²) in [6.07, 6.45) is 0. The van der Waals surface area contributed by atoms with Gasteiger partial charge in [-0.15, -0.1) is 0 Å². The van der Waals surface area contributed by atoms with Crippen molar-refractivity contribution < 1.29 is 0 Å². The molecule has 244 valence electrons. The summed E-state index contributed by atoms with van der Waals surface area (Å²) in [5.74, 6) is 0. The standard InChI is InChI=1S/C49H33N3/c1-32-18-28-48-42(30-32)40-12-4-9-17-47(40)52(48)37-27-29-49-43(31-37)41-13-5-8-16-46(41)51(49)36-25-21-34(22-26-36)33-19-23-35(24-20-33)50-44-14-6-2-10-38(44)39-11-3-7-15-45(39)50/h2-31H,1H3. The van der Waals surface area contributed by atoms with E-state index in [-0.39, 0.29) is 0 Å². The predicted octanol–water partition coefficient (Wildman–Crippen LogP) is 13.0. The van der Waals surface area contributed by atoms with Gasteiger partial charge in [0.25, 0.3) is 0 Å². The van der Waals surface area contributed by atoms with Gasteiger partial charge in [-0.3, -0.25) is 0 Å². The van der Waals surface area contributed by atoms with Gasteiger partial charge in [-0.25, -0.2) is 0 Å². The van der Waals surface area contributed by atoms with Crippen molar-refractivity contribution in [2.75, 3.05) is 0 Å². The van der Waals surface area contributed by atoms with E-state index in [1.54, 1.807) is 0 Å². The molecule has 8 aromatic carbocycles. The Hall–Kier alpha value is -6.84. The van der Waals surface area contributed by atoms with Gasteiger partial charge in [-0.05, 0) is 96.9 Å². The highest BCUT2D eigenvalue weighted by Gasteiger charge is 2.17. The molecule has 0 aliphatic heterocycles. The average Bonchev–Trinajstić information content (AvgIpc) is 3.83. The topological polar surface area (TPSA) is 14.8 Å². The van der Waals surface area contributed by atoms with Crippen molar-refractivity contribution in [1.29, 1.82) is 0 Å². The first-order chi connectivity index (χ1) is 25.7. The van der Waals surface area contributed by atoms with Crippen molar-refractivity contribution in [3.63, 3.8) is 0 Å². The molecule has 11 rings (SSSR count). The zero-order valence-electron chi connectivity index (χ0n) is 28.7. The van der Waals surface area contributed by atoms with Gasteiger partial charge in [0, 0.05) is 49.4 Å². The second kappa shape index (κ2) is 11.1. The van der Waals surface area contributed by atoms with Crippen LogP contribution in [-0.2, 0) is 0 Å². The van der Waals surface area contributed by atoms with Crippen LogP contribution in [0.15, 0.2) is 182 Å². The Morgan fingerprint density at radius 3 is 1.06 bits per heavy atom. The number of rotatable bonds is 4. The highest BCUT2D eigenvalue weighted by molar-refractivity contribution is 6.12. The van der Waals surface area contributed by atoms with Gasteiger partial charge < -0.3 is 13.7 Å². The summed E-state index contributed by atoms with van der Waals surface area (Å²) in [6, 6.07) is 66.6. The summed E-state index contributed by atoms with van der Waals surface area (Å²) in [5, 5.41) is 7.63. The maximum absolute atomic E-state index is 2.41. The van der Waals surface area contributed by atoms with Gasteiger partial charge >= 0.3 is 0 Å². The molecule has 0 fully saturated rings. The average molecular weight is 664 g/mol. The Balaban J connectivity index is 0.995. The summed E-state index contributed by atoms with van der Waals surface area (Å²) in [5.41, 5.74) is 14.5. The van der Waals surface area contributed by atoms with Crippen LogP contribution in [0, 0.1) is 6.92 Å². The number of benzene rings is 8. The van der Waals surface area contributed by atoms with Crippen molar-refractivity contribution in [1.82, 2.24) is 13.7 Å². The summed E-state index contributed by atoms with van der Waals surface area (Å²) in [4.78, 5) is 0. The van der Waals surface area contributed by atoms with Crippen LogP contribution in [0.5, 0.6) is 0 Å². The van der Waals surface area contributed by atoms with Crippen molar-refractivity contribution in [2.45, 2.75) is 6.92 Å². The molecule has 0 aliphatic rings. The van der Waals surface area contributed by atoms with Crippen molar-refractivity contribution >= 4 is 65.4 Å². The zero-order chi connectivity index (χ0) is 34.3. The smallest absolute Gasteiger partial charge is 0.0542 e. The Morgan fingerprint density at radius 1 is 0.269 bits per heavy atom. The fraction of sp³-hybridized carbons (Fsp3) is 0.0204. The van der Waals surface area contributed by atoms with Crippen LogP contribution in [0.25, 0.3) is 93.6 Å². The van der Waals surface area contributed by atoms with E-state index in [1.165, 1.54) is 93.5 Å². The number of aryl methyl sites for hydroxylation is 1. The van der Waals surface area contributed by atoms with Gasteiger partial charge in [0.2, 0.25) is 0 Å². The van der Waals surface area contributed by atoms with Crippen molar-refractivity contribution in [3.8, 4) is 28.2 Å². The minimum absolute atomic E-state index is 1.15. The van der Waals surface area contributed by atoms with E-state index in [0.29, 0.717) is 0 Å². The second-order valence-electron chi connectivity index (χ2n) is 13.9. The van der Waals surface area contributed by atoms with E-state index in [2.05, 4.69) is 203 Å². The monoisotopic (exact) mass is 663 g/mol. The van der Waals surface area contributed by atoms with E-state index in [4.69, 9.17) is 0 Å². The Kier molecular flexibility index (Phi) is 6.17. The minimum Gasteiger partial charge on any atom is -0.309 e. The molecule has 0 atom stereocenters. The first-order valence-electron chi connectivity index (χ1n) is 17.9. The normalized spacial score (nSPS) is 11.9. The molecule has 3 aromatic heterocycles. The summed E-state index contributed by atoms with van der Waals surface area (Å²) in [6.45, 7) is 2.17. The quantitative estimate of drug-likeness (QED) is 0.178. The number of hydrogen-bond acceptors (Lipinski definition) is 0. The van der Waals surface area contributed by atoms with Crippen LogP contribution in [0.3, 0.4) is 0 Å². The van der Waals surface area contributed by atoms with Crippen LogP contribution in [0.2, 0.25) is 0 Å². The lowest BCUT2D eigenvalue weighted by Gasteiger charge is -2.12. The maximum Gasteiger partial charge on any atom is 0.0542 e. The fourth-order valence-corrected chi connectivity index (χ4v) is 8.55. The summed E-state index contributed by atoms with van der Waals surface area (Å²) < 4.78 is 7.18. The molecule has 0 bridgehead atoms. The third-order valence-electron chi connectivity index (χ3n) is 10.9. The third kappa shape index (κ3) is 4.20. The Labute approximate surface area is 300 Å². The van der Waals surface area contributed by atoms with Gasteiger partial charge in [0.05, 0.1) is 33.1 Å². The molecule has 0 saturated heterocycles. The molecule has 0 amide bonds. The Bertz CT molecular complexity index is 3120.